The summed E-state index contributed by atoms with van der Waals surface area (Å²) < 4.78 is 38.3. The lowest BCUT2D eigenvalue weighted by atomic mass is 10.1. The predicted octanol–water partition coefficient (Wildman–Crippen LogP) is 2.06. The summed E-state index contributed by atoms with van der Waals surface area (Å²) in [5.74, 6) is -0.0353. The fourth-order valence-electron chi connectivity index (χ4n) is 1.95. The number of piperidine rings is 1. The Labute approximate surface area is 96.9 Å². The first kappa shape index (κ1) is 12.2. The Hall–Kier alpha value is -1.30. The van der Waals surface area contributed by atoms with Gasteiger partial charge in [0.15, 0.2) is 0 Å². The molecule has 0 bridgehead atoms. The topological polar surface area (TPSA) is 36.4 Å². The van der Waals surface area contributed by atoms with Crippen molar-refractivity contribution in [3.05, 3.63) is 23.9 Å². The van der Waals surface area contributed by atoms with Crippen molar-refractivity contribution in [1.82, 2.24) is 4.98 Å². The lowest BCUT2D eigenvalue weighted by molar-refractivity contribution is -0.137. The molecule has 1 aromatic rings. The molecular formula is C11H13F3N2O. The molecule has 0 atom stereocenters. The SMILES string of the molecule is OC1CCN(c2ncccc2C(F)(F)F)CC1. The van der Waals surface area contributed by atoms with Gasteiger partial charge in [-0.1, -0.05) is 0 Å². The van der Waals surface area contributed by atoms with E-state index in [0.717, 1.165) is 6.07 Å². The molecule has 1 aliphatic heterocycles. The predicted molar refractivity (Wildman–Crippen MR) is 56.7 cm³/mol. The van der Waals surface area contributed by atoms with Crippen LogP contribution in [-0.2, 0) is 6.18 Å². The Morgan fingerprint density at radius 2 is 1.94 bits per heavy atom. The van der Waals surface area contributed by atoms with Crippen molar-refractivity contribution in [2.75, 3.05) is 18.0 Å². The molecule has 0 radical (unpaired) electrons. The number of pyridine rings is 1. The lowest BCUT2D eigenvalue weighted by Crippen LogP contribution is -2.37. The number of nitrogens with zero attached hydrogens (tertiary/aromatic N) is 2. The van der Waals surface area contributed by atoms with E-state index in [1.54, 1.807) is 4.90 Å². The molecule has 2 rings (SSSR count). The quantitative estimate of drug-likeness (QED) is 0.824. The summed E-state index contributed by atoms with van der Waals surface area (Å²) in [7, 11) is 0. The summed E-state index contributed by atoms with van der Waals surface area (Å²) in [6.45, 7) is 0.808. The van der Waals surface area contributed by atoms with Gasteiger partial charge in [0, 0.05) is 19.3 Å². The molecule has 0 spiro atoms. The van der Waals surface area contributed by atoms with Crippen molar-refractivity contribution in [2.24, 2.45) is 0 Å². The van der Waals surface area contributed by atoms with E-state index in [4.69, 9.17) is 0 Å². The van der Waals surface area contributed by atoms with E-state index in [0.29, 0.717) is 25.9 Å². The molecule has 0 aromatic carbocycles. The Bertz CT molecular complexity index is 387. The van der Waals surface area contributed by atoms with Gasteiger partial charge < -0.3 is 10.0 Å². The first-order valence-corrected chi connectivity index (χ1v) is 5.43. The van der Waals surface area contributed by atoms with E-state index >= 15 is 0 Å². The summed E-state index contributed by atoms with van der Waals surface area (Å²) in [5.41, 5.74) is -0.712. The van der Waals surface area contributed by atoms with Crippen molar-refractivity contribution >= 4 is 5.82 Å². The van der Waals surface area contributed by atoms with Crippen LogP contribution in [0.3, 0.4) is 0 Å². The molecule has 94 valence electrons. The molecule has 6 heteroatoms. The van der Waals surface area contributed by atoms with Crippen LogP contribution in [0.4, 0.5) is 19.0 Å². The number of anilines is 1. The first-order chi connectivity index (χ1) is 7.98. The van der Waals surface area contributed by atoms with Crippen LogP contribution < -0.4 is 4.90 Å². The molecule has 1 fully saturated rings. The van der Waals surface area contributed by atoms with Gasteiger partial charge in [0.1, 0.15) is 5.82 Å². The van der Waals surface area contributed by atoms with E-state index in [9.17, 15) is 18.3 Å². The number of hydrogen-bond donors (Lipinski definition) is 1. The summed E-state index contributed by atoms with van der Waals surface area (Å²) in [5, 5.41) is 9.33. The second kappa shape index (κ2) is 4.52. The van der Waals surface area contributed by atoms with Gasteiger partial charge in [-0.3, -0.25) is 0 Å². The van der Waals surface area contributed by atoms with Crippen molar-refractivity contribution in [3.8, 4) is 0 Å². The number of aliphatic hydroxyl groups excluding tert-OH is 1. The van der Waals surface area contributed by atoms with Crippen molar-refractivity contribution in [3.63, 3.8) is 0 Å². The molecule has 1 aromatic heterocycles. The molecule has 3 nitrogen and oxygen atoms in total. The Morgan fingerprint density at radius 1 is 1.29 bits per heavy atom. The van der Waals surface area contributed by atoms with Gasteiger partial charge in [-0.25, -0.2) is 4.98 Å². The van der Waals surface area contributed by atoms with E-state index in [2.05, 4.69) is 4.98 Å². The van der Waals surface area contributed by atoms with E-state index in [-0.39, 0.29) is 5.82 Å². The number of alkyl halides is 3. The number of halogens is 3. The second-order valence-corrected chi connectivity index (χ2v) is 4.09. The molecule has 17 heavy (non-hydrogen) atoms. The zero-order chi connectivity index (χ0) is 12.5. The van der Waals surface area contributed by atoms with Crippen molar-refractivity contribution in [1.29, 1.82) is 0 Å². The Kier molecular flexibility index (Phi) is 3.24. The molecule has 1 N–H and O–H groups in total. The maximum atomic E-state index is 12.8. The van der Waals surface area contributed by atoms with Gasteiger partial charge in [0.2, 0.25) is 0 Å². The molecule has 0 unspecified atom stereocenters. The summed E-state index contributed by atoms with van der Waals surface area (Å²) in [6.07, 6.45) is -2.49. The summed E-state index contributed by atoms with van der Waals surface area (Å²) in [6, 6.07) is 2.32. The zero-order valence-corrected chi connectivity index (χ0v) is 9.11. The van der Waals surface area contributed by atoms with E-state index in [1.165, 1.54) is 12.3 Å². The maximum Gasteiger partial charge on any atom is 0.419 e. The molecular weight excluding hydrogens is 233 g/mol. The highest BCUT2D eigenvalue weighted by Crippen LogP contribution is 2.35. The molecule has 1 saturated heterocycles. The third kappa shape index (κ3) is 2.69. The third-order valence-electron chi connectivity index (χ3n) is 2.86. The second-order valence-electron chi connectivity index (χ2n) is 4.09. The molecule has 0 saturated carbocycles. The van der Waals surface area contributed by atoms with Crippen LogP contribution in [0.25, 0.3) is 0 Å². The van der Waals surface area contributed by atoms with E-state index < -0.39 is 17.8 Å². The number of aliphatic hydroxyl groups is 1. The highest BCUT2D eigenvalue weighted by Gasteiger charge is 2.36. The minimum Gasteiger partial charge on any atom is -0.393 e. The normalized spacial score (nSPS) is 18.5. The average Bonchev–Trinajstić information content (AvgIpc) is 2.29. The largest absolute Gasteiger partial charge is 0.419 e. The van der Waals surface area contributed by atoms with Gasteiger partial charge in [0.25, 0.3) is 0 Å². The Morgan fingerprint density at radius 3 is 2.53 bits per heavy atom. The molecule has 1 aliphatic rings. The van der Waals surface area contributed by atoms with E-state index in [1.807, 2.05) is 0 Å². The molecule has 0 aliphatic carbocycles. The minimum atomic E-state index is -4.39. The van der Waals surface area contributed by atoms with Gasteiger partial charge >= 0.3 is 6.18 Å². The molecule has 0 amide bonds. The first-order valence-electron chi connectivity index (χ1n) is 5.43. The maximum absolute atomic E-state index is 12.8. The monoisotopic (exact) mass is 246 g/mol. The number of aromatic nitrogens is 1. The van der Waals surface area contributed by atoms with Crippen LogP contribution in [0.2, 0.25) is 0 Å². The third-order valence-corrected chi connectivity index (χ3v) is 2.86. The lowest BCUT2D eigenvalue weighted by Gasteiger charge is -2.32. The van der Waals surface area contributed by atoms with Crippen LogP contribution in [0, 0.1) is 0 Å². The highest BCUT2D eigenvalue weighted by atomic mass is 19.4. The van der Waals surface area contributed by atoms with Crippen LogP contribution in [0.15, 0.2) is 18.3 Å². The number of rotatable bonds is 1. The van der Waals surface area contributed by atoms with Crippen molar-refractivity contribution < 1.29 is 18.3 Å². The smallest absolute Gasteiger partial charge is 0.393 e. The highest BCUT2D eigenvalue weighted by molar-refractivity contribution is 5.48. The van der Waals surface area contributed by atoms with Crippen LogP contribution in [0.1, 0.15) is 18.4 Å². The summed E-state index contributed by atoms with van der Waals surface area (Å²) >= 11 is 0. The fourth-order valence-corrected chi connectivity index (χ4v) is 1.95. The Balaban J connectivity index is 2.26. The van der Waals surface area contributed by atoms with Crippen molar-refractivity contribution in [2.45, 2.75) is 25.1 Å². The molecule has 2 heterocycles. The average molecular weight is 246 g/mol. The van der Waals surface area contributed by atoms with Crippen LogP contribution >= 0.6 is 0 Å². The fraction of sp³-hybridized carbons (Fsp3) is 0.545. The van der Waals surface area contributed by atoms with Gasteiger partial charge in [0.05, 0.1) is 11.7 Å². The number of hydrogen-bond acceptors (Lipinski definition) is 3. The zero-order valence-electron chi connectivity index (χ0n) is 9.11. The van der Waals surface area contributed by atoms with Gasteiger partial charge in [-0.15, -0.1) is 0 Å². The van der Waals surface area contributed by atoms with Crippen LogP contribution in [-0.4, -0.2) is 29.3 Å². The minimum absolute atomic E-state index is 0.0353. The van der Waals surface area contributed by atoms with Crippen LogP contribution in [0.5, 0.6) is 0 Å². The van der Waals surface area contributed by atoms with Gasteiger partial charge in [-0.05, 0) is 25.0 Å². The standard InChI is InChI=1S/C11H13F3N2O/c12-11(13,14)9-2-1-5-15-10(9)16-6-3-8(17)4-7-16/h1-2,5,8,17H,3-4,6-7H2. The van der Waals surface area contributed by atoms with Gasteiger partial charge in [-0.2, -0.15) is 13.2 Å². The summed E-state index contributed by atoms with van der Waals surface area (Å²) in [4.78, 5) is 5.40.